The molecule has 2 aromatic rings. The Labute approximate surface area is 144 Å². The van der Waals surface area contributed by atoms with Gasteiger partial charge in [-0.05, 0) is 25.8 Å². The summed E-state index contributed by atoms with van der Waals surface area (Å²) in [5.41, 5.74) is 6.04. The first-order valence-corrected chi connectivity index (χ1v) is 9.18. The van der Waals surface area contributed by atoms with Crippen LogP contribution in [0.25, 0.3) is 10.2 Å². The van der Waals surface area contributed by atoms with Gasteiger partial charge in [-0.25, -0.2) is 4.79 Å². The Bertz CT molecular complexity index is 848. The number of thiophene rings is 1. The van der Waals surface area contributed by atoms with Gasteiger partial charge < -0.3 is 15.8 Å². The number of hydrogen-bond acceptors (Lipinski definition) is 6. The molecule has 132 valence electrons. The van der Waals surface area contributed by atoms with E-state index in [1.807, 2.05) is 13.8 Å². The zero-order valence-electron chi connectivity index (χ0n) is 14.1. The standard InChI is InChI=1S/C16H24N4O3S/c1-3-19-14(21)13-10(2)12(8-18-6-5-17)24-15(13)20(16(19)22)9-11-4-7-23-11/h11,18H,3-9,17H2,1-2H3. The van der Waals surface area contributed by atoms with Crippen molar-refractivity contribution < 1.29 is 4.74 Å². The monoisotopic (exact) mass is 352 g/mol. The molecule has 0 saturated carbocycles. The van der Waals surface area contributed by atoms with Crippen LogP contribution in [-0.2, 0) is 24.4 Å². The van der Waals surface area contributed by atoms with Gasteiger partial charge in [0.1, 0.15) is 4.83 Å². The molecule has 0 aromatic carbocycles. The maximum Gasteiger partial charge on any atom is 0.332 e. The van der Waals surface area contributed by atoms with Crippen molar-refractivity contribution in [2.75, 3.05) is 19.7 Å². The van der Waals surface area contributed by atoms with Gasteiger partial charge in [-0.1, -0.05) is 0 Å². The molecule has 24 heavy (non-hydrogen) atoms. The van der Waals surface area contributed by atoms with Crippen LogP contribution in [0.1, 0.15) is 23.8 Å². The van der Waals surface area contributed by atoms with Gasteiger partial charge in [0.2, 0.25) is 0 Å². The quantitative estimate of drug-likeness (QED) is 0.704. The number of hydrogen-bond donors (Lipinski definition) is 2. The fourth-order valence-corrected chi connectivity index (χ4v) is 4.25. The van der Waals surface area contributed by atoms with E-state index in [4.69, 9.17) is 10.5 Å². The molecule has 3 N–H and O–H groups in total. The Hall–Kier alpha value is -1.48. The van der Waals surface area contributed by atoms with Gasteiger partial charge in [0.25, 0.3) is 5.56 Å². The number of fused-ring (bicyclic) bond motifs is 1. The highest BCUT2D eigenvalue weighted by atomic mass is 32.1. The molecule has 2 aromatic heterocycles. The first-order chi connectivity index (χ1) is 11.6. The summed E-state index contributed by atoms with van der Waals surface area (Å²) in [6.45, 7) is 7.33. The summed E-state index contributed by atoms with van der Waals surface area (Å²) in [5.74, 6) is 0. The average molecular weight is 352 g/mol. The first-order valence-electron chi connectivity index (χ1n) is 8.36. The number of aromatic nitrogens is 2. The predicted molar refractivity (Wildman–Crippen MR) is 95.9 cm³/mol. The molecule has 0 spiro atoms. The summed E-state index contributed by atoms with van der Waals surface area (Å²) in [4.78, 5) is 27.3. The second-order valence-corrected chi connectivity index (χ2v) is 7.10. The Morgan fingerprint density at radius 3 is 2.71 bits per heavy atom. The molecule has 0 bridgehead atoms. The number of nitrogens with zero attached hydrogens (tertiary/aromatic N) is 2. The maximum atomic E-state index is 12.8. The van der Waals surface area contributed by atoms with Crippen molar-refractivity contribution in [3.63, 3.8) is 0 Å². The van der Waals surface area contributed by atoms with Crippen molar-refractivity contribution in [2.45, 2.75) is 46.0 Å². The third-order valence-corrected chi connectivity index (χ3v) is 5.81. The Kier molecular flexibility index (Phi) is 5.19. The lowest BCUT2D eigenvalue weighted by Crippen LogP contribution is -2.43. The number of nitrogens with one attached hydrogen (secondary N) is 1. The largest absolute Gasteiger partial charge is 0.376 e. The molecule has 1 saturated heterocycles. The summed E-state index contributed by atoms with van der Waals surface area (Å²) in [6.07, 6.45) is 1.02. The van der Waals surface area contributed by atoms with Crippen LogP contribution >= 0.6 is 11.3 Å². The molecule has 8 heteroatoms. The molecule has 1 atom stereocenters. The molecule has 1 unspecified atom stereocenters. The van der Waals surface area contributed by atoms with Crippen molar-refractivity contribution in [1.29, 1.82) is 0 Å². The van der Waals surface area contributed by atoms with E-state index in [2.05, 4.69) is 5.32 Å². The van der Waals surface area contributed by atoms with Crippen LogP contribution < -0.4 is 22.3 Å². The zero-order valence-corrected chi connectivity index (χ0v) is 14.9. The Morgan fingerprint density at radius 1 is 1.38 bits per heavy atom. The minimum Gasteiger partial charge on any atom is -0.376 e. The fraction of sp³-hybridized carbons (Fsp3) is 0.625. The minimum atomic E-state index is -0.242. The molecule has 0 amide bonds. The van der Waals surface area contributed by atoms with Crippen LogP contribution in [0.15, 0.2) is 9.59 Å². The van der Waals surface area contributed by atoms with Gasteiger partial charge in [-0.15, -0.1) is 11.3 Å². The van der Waals surface area contributed by atoms with E-state index in [9.17, 15) is 9.59 Å². The molecule has 0 aliphatic carbocycles. The van der Waals surface area contributed by atoms with Crippen LogP contribution in [0.4, 0.5) is 0 Å². The van der Waals surface area contributed by atoms with Crippen molar-refractivity contribution in [3.05, 3.63) is 31.3 Å². The van der Waals surface area contributed by atoms with E-state index in [1.165, 1.54) is 15.9 Å². The summed E-state index contributed by atoms with van der Waals surface area (Å²) in [7, 11) is 0. The van der Waals surface area contributed by atoms with Crippen LogP contribution in [0.3, 0.4) is 0 Å². The second kappa shape index (κ2) is 7.18. The summed E-state index contributed by atoms with van der Waals surface area (Å²) >= 11 is 1.52. The van der Waals surface area contributed by atoms with Gasteiger partial charge in [0, 0.05) is 37.7 Å². The Morgan fingerprint density at radius 2 is 2.12 bits per heavy atom. The molecular weight excluding hydrogens is 328 g/mol. The summed E-state index contributed by atoms with van der Waals surface area (Å²) in [5, 5.41) is 3.92. The van der Waals surface area contributed by atoms with Crippen LogP contribution in [0, 0.1) is 6.92 Å². The smallest absolute Gasteiger partial charge is 0.332 e. The van der Waals surface area contributed by atoms with Gasteiger partial charge in [-0.2, -0.15) is 0 Å². The predicted octanol–water partition coefficient (Wildman–Crippen LogP) is 0.390. The lowest BCUT2D eigenvalue weighted by molar-refractivity contribution is -0.0593. The van der Waals surface area contributed by atoms with Crippen LogP contribution in [0.5, 0.6) is 0 Å². The third kappa shape index (κ3) is 2.95. The number of rotatable bonds is 7. The summed E-state index contributed by atoms with van der Waals surface area (Å²) in [6, 6.07) is 0. The molecule has 0 radical (unpaired) electrons. The molecule has 1 fully saturated rings. The van der Waals surface area contributed by atoms with Crippen LogP contribution in [0.2, 0.25) is 0 Å². The number of ether oxygens (including phenoxy) is 1. The van der Waals surface area contributed by atoms with Crippen LogP contribution in [-0.4, -0.2) is 34.9 Å². The van der Waals surface area contributed by atoms with E-state index >= 15 is 0 Å². The normalized spacial score (nSPS) is 17.4. The van der Waals surface area contributed by atoms with E-state index in [-0.39, 0.29) is 17.4 Å². The number of nitrogens with two attached hydrogens (primary N) is 1. The van der Waals surface area contributed by atoms with Gasteiger partial charge in [0.15, 0.2) is 0 Å². The SMILES string of the molecule is CCn1c(=O)c2c(C)c(CNCCN)sc2n(CC2CCO2)c1=O. The zero-order chi connectivity index (χ0) is 17.3. The van der Waals surface area contributed by atoms with Crippen molar-refractivity contribution in [1.82, 2.24) is 14.5 Å². The highest BCUT2D eigenvalue weighted by molar-refractivity contribution is 7.18. The second-order valence-electron chi connectivity index (χ2n) is 6.02. The average Bonchev–Trinajstić information content (AvgIpc) is 2.83. The fourth-order valence-electron chi connectivity index (χ4n) is 2.99. The van der Waals surface area contributed by atoms with Gasteiger partial charge in [-0.3, -0.25) is 13.9 Å². The van der Waals surface area contributed by atoms with Gasteiger partial charge >= 0.3 is 5.69 Å². The molecule has 1 aliphatic rings. The van der Waals surface area contributed by atoms with E-state index in [0.717, 1.165) is 34.8 Å². The topological polar surface area (TPSA) is 91.3 Å². The van der Waals surface area contributed by atoms with E-state index in [0.29, 0.717) is 31.6 Å². The van der Waals surface area contributed by atoms with E-state index in [1.54, 1.807) is 4.57 Å². The highest BCUT2D eigenvalue weighted by Gasteiger charge is 2.24. The lowest BCUT2D eigenvalue weighted by atomic mass is 10.2. The molecule has 3 heterocycles. The summed E-state index contributed by atoms with van der Waals surface area (Å²) < 4.78 is 8.52. The number of aryl methyl sites for hydroxylation is 1. The Balaban J connectivity index is 2.14. The van der Waals surface area contributed by atoms with Gasteiger partial charge in [0.05, 0.1) is 18.0 Å². The third-order valence-electron chi connectivity index (χ3n) is 4.50. The van der Waals surface area contributed by atoms with E-state index < -0.39 is 0 Å². The molecule has 1 aliphatic heterocycles. The highest BCUT2D eigenvalue weighted by Crippen LogP contribution is 2.28. The van der Waals surface area contributed by atoms with Crippen molar-refractivity contribution in [2.24, 2.45) is 5.73 Å². The molecule has 7 nitrogen and oxygen atoms in total. The molecular formula is C16H24N4O3S. The minimum absolute atomic E-state index is 0.0647. The van der Waals surface area contributed by atoms with Crippen molar-refractivity contribution in [3.8, 4) is 0 Å². The lowest BCUT2D eigenvalue weighted by Gasteiger charge is -2.27. The first kappa shape index (κ1) is 17.3. The van der Waals surface area contributed by atoms with Crippen molar-refractivity contribution >= 4 is 21.6 Å². The maximum absolute atomic E-state index is 12.8. The molecule has 3 rings (SSSR count).